The number of aliphatic hydroxyl groups excluding tert-OH is 2. The maximum absolute atomic E-state index is 12.4. The SMILES string of the molecule is CCCCCCCCCCCCCC/C=C/C(O)C(CO)NC(=O)CCCCCCCCCCCCCCCOC(=O)CCCCCCCCCCCCC. The Bertz CT molecular complexity index is 817. The number of ether oxygens (including phenoxy) is 1. The topological polar surface area (TPSA) is 95.9 Å². The van der Waals surface area contributed by atoms with Crippen LogP contribution in [0.5, 0.6) is 0 Å². The lowest BCUT2D eigenvalue weighted by Crippen LogP contribution is -2.45. The van der Waals surface area contributed by atoms with Gasteiger partial charge >= 0.3 is 5.97 Å². The Morgan fingerprint density at radius 2 is 0.836 bits per heavy atom. The van der Waals surface area contributed by atoms with E-state index in [0.29, 0.717) is 19.4 Å². The number of carbonyl (C=O) groups is 2. The maximum Gasteiger partial charge on any atom is 0.305 e. The lowest BCUT2D eigenvalue weighted by Gasteiger charge is -2.20. The van der Waals surface area contributed by atoms with Crippen LogP contribution in [-0.2, 0) is 14.3 Å². The molecule has 0 saturated carbocycles. The predicted molar refractivity (Wildman–Crippen MR) is 237 cm³/mol. The molecule has 0 aromatic rings. The zero-order valence-corrected chi connectivity index (χ0v) is 36.9. The Morgan fingerprint density at radius 1 is 0.491 bits per heavy atom. The van der Waals surface area contributed by atoms with Gasteiger partial charge in [0.1, 0.15) is 0 Å². The number of unbranched alkanes of at least 4 members (excludes halogenated alkanes) is 34. The van der Waals surface area contributed by atoms with E-state index >= 15 is 0 Å². The van der Waals surface area contributed by atoms with Crippen LogP contribution in [0.4, 0.5) is 0 Å². The molecule has 6 heteroatoms. The van der Waals surface area contributed by atoms with Gasteiger partial charge in [0.2, 0.25) is 5.91 Å². The average molecular weight is 778 g/mol. The van der Waals surface area contributed by atoms with Gasteiger partial charge in [-0.15, -0.1) is 0 Å². The van der Waals surface area contributed by atoms with Crippen molar-refractivity contribution in [3.63, 3.8) is 0 Å². The lowest BCUT2D eigenvalue weighted by molar-refractivity contribution is -0.143. The van der Waals surface area contributed by atoms with Crippen molar-refractivity contribution in [2.24, 2.45) is 0 Å². The summed E-state index contributed by atoms with van der Waals surface area (Å²) in [5, 5.41) is 23.0. The van der Waals surface area contributed by atoms with Gasteiger partial charge < -0.3 is 20.3 Å². The number of amides is 1. The molecule has 0 aromatic heterocycles. The van der Waals surface area contributed by atoms with Crippen LogP contribution in [0.15, 0.2) is 12.2 Å². The molecule has 0 radical (unpaired) electrons. The molecule has 0 spiro atoms. The molecule has 2 atom stereocenters. The van der Waals surface area contributed by atoms with Gasteiger partial charge in [0.05, 0.1) is 25.4 Å². The van der Waals surface area contributed by atoms with Crippen molar-refractivity contribution < 1.29 is 24.5 Å². The van der Waals surface area contributed by atoms with Crippen molar-refractivity contribution in [1.29, 1.82) is 0 Å². The van der Waals surface area contributed by atoms with Crippen LogP contribution in [0.3, 0.4) is 0 Å². The van der Waals surface area contributed by atoms with Crippen molar-refractivity contribution in [2.45, 2.75) is 276 Å². The van der Waals surface area contributed by atoms with Gasteiger partial charge in [-0.1, -0.05) is 231 Å². The van der Waals surface area contributed by atoms with Crippen molar-refractivity contribution in [1.82, 2.24) is 5.32 Å². The summed E-state index contributed by atoms with van der Waals surface area (Å²) in [5.74, 6) is -0.0876. The summed E-state index contributed by atoms with van der Waals surface area (Å²) >= 11 is 0. The fourth-order valence-electron chi connectivity index (χ4n) is 7.51. The second kappa shape index (κ2) is 45.3. The van der Waals surface area contributed by atoms with Crippen LogP contribution in [0.1, 0.15) is 264 Å². The molecule has 1 amide bonds. The normalized spacial score (nSPS) is 12.7. The number of nitrogens with one attached hydrogen (secondary N) is 1. The number of allylic oxidation sites excluding steroid dienone is 1. The number of hydrogen-bond donors (Lipinski definition) is 3. The van der Waals surface area contributed by atoms with Crippen LogP contribution < -0.4 is 5.32 Å². The fraction of sp³-hybridized carbons (Fsp3) is 0.918. The highest BCUT2D eigenvalue weighted by Gasteiger charge is 2.18. The first-order valence-electron chi connectivity index (χ1n) is 24.5. The van der Waals surface area contributed by atoms with Gasteiger partial charge in [0.15, 0.2) is 0 Å². The molecule has 0 aromatic carbocycles. The predicted octanol–water partition coefficient (Wildman–Crippen LogP) is 14.2. The molecule has 0 aliphatic heterocycles. The second-order valence-electron chi connectivity index (χ2n) is 16.8. The number of carbonyl (C=O) groups excluding carboxylic acids is 2. The molecule has 0 heterocycles. The highest BCUT2D eigenvalue weighted by Crippen LogP contribution is 2.16. The summed E-state index contributed by atoms with van der Waals surface area (Å²) in [5.41, 5.74) is 0. The van der Waals surface area contributed by atoms with Gasteiger partial charge in [-0.05, 0) is 32.1 Å². The van der Waals surface area contributed by atoms with E-state index in [1.165, 1.54) is 180 Å². The summed E-state index contributed by atoms with van der Waals surface area (Å²) in [6.07, 6.45) is 50.5. The van der Waals surface area contributed by atoms with Crippen LogP contribution in [0.2, 0.25) is 0 Å². The second-order valence-corrected chi connectivity index (χ2v) is 16.8. The third-order valence-electron chi connectivity index (χ3n) is 11.3. The fourth-order valence-corrected chi connectivity index (χ4v) is 7.51. The summed E-state index contributed by atoms with van der Waals surface area (Å²) < 4.78 is 5.44. The standard InChI is InChI=1S/C49H95NO5/c1-3-5-7-9-11-13-15-16-18-22-25-29-33-37-41-47(52)46(45-51)50-48(53)42-38-34-30-26-23-19-17-20-24-28-32-36-40-44-55-49(54)43-39-35-31-27-21-14-12-10-8-6-4-2/h37,41,46-47,51-52H,3-36,38-40,42-45H2,1-2H3,(H,50,53)/b41-37+. The van der Waals surface area contributed by atoms with E-state index in [-0.39, 0.29) is 18.5 Å². The Morgan fingerprint density at radius 3 is 1.24 bits per heavy atom. The molecule has 0 aliphatic rings. The molecule has 3 N–H and O–H groups in total. The van der Waals surface area contributed by atoms with Crippen molar-refractivity contribution in [3.05, 3.63) is 12.2 Å². The third kappa shape index (κ3) is 42.0. The average Bonchev–Trinajstić information content (AvgIpc) is 3.18. The van der Waals surface area contributed by atoms with E-state index in [9.17, 15) is 19.8 Å². The van der Waals surface area contributed by atoms with E-state index in [1.54, 1.807) is 6.08 Å². The minimum atomic E-state index is -0.850. The summed E-state index contributed by atoms with van der Waals surface area (Å²) in [4.78, 5) is 24.4. The minimum absolute atomic E-state index is 0.00731. The Labute approximate surface area is 342 Å². The van der Waals surface area contributed by atoms with Crippen LogP contribution in [0, 0.1) is 0 Å². The largest absolute Gasteiger partial charge is 0.466 e. The molecule has 0 aliphatic carbocycles. The van der Waals surface area contributed by atoms with Gasteiger partial charge in [-0.2, -0.15) is 0 Å². The maximum atomic E-state index is 12.4. The molecule has 0 rings (SSSR count). The molecular formula is C49H95NO5. The highest BCUT2D eigenvalue weighted by molar-refractivity contribution is 5.76. The van der Waals surface area contributed by atoms with Gasteiger partial charge in [0, 0.05) is 12.8 Å². The number of rotatable bonds is 45. The van der Waals surface area contributed by atoms with Gasteiger partial charge in [-0.3, -0.25) is 9.59 Å². The number of esters is 1. The smallest absolute Gasteiger partial charge is 0.305 e. The molecule has 0 fully saturated rings. The molecule has 2 unspecified atom stereocenters. The van der Waals surface area contributed by atoms with Crippen molar-refractivity contribution in [3.8, 4) is 0 Å². The van der Waals surface area contributed by atoms with Gasteiger partial charge in [-0.25, -0.2) is 0 Å². The number of aliphatic hydroxyl groups is 2. The first-order chi connectivity index (χ1) is 27.0. The van der Waals surface area contributed by atoms with Crippen LogP contribution >= 0.6 is 0 Å². The minimum Gasteiger partial charge on any atom is -0.466 e. The summed E-state index contributed by atoms with van der Waals surface area (Å²) in [7, 11) is 0. The number of hydrogen-bond acceptors (Lipinski definition) is 5. The molecular weight excluding hydrogens is 683 g/mol. The van der Waals surface area contributed by atoms with E-state index < -0.39 is 12.1 Å². The molecule has 326 valence electrons. The zero-order chi connectivity index (χ0) is 40.1. The van der Waals surface area contributed by atoms with E-state index in [2.05, 4.69) is 19.2 Å². The van der Waals surface area contributed by atoms with Gasteiger partial charge in [0.25, 0.3) is 0 Å². The Hall–Kier alpha value is -1.40. The molecule has 55 heavy (non-hydrogen) atoms. The zero-order valence-electron chi connectivity index (χ0n) is 36.9. The van der Waals surface area contributed by atoms with Crippen molar-refractivity contribution in [2.75, 3.05) is 13.2 Å². The Balaban J connectivity index is 3.49. The Kier molecular flexibility index (Phi) is 44.2. The highest BCUT2D eigenvalue weighted by atomic mass is 16.5. The molecule has 0 bridgehead atoms. The van der Waals surface area contributed by atoms with Crippen LogP contribution in [-0.4, -0.2) is 47.4 Å². The first-order valence-corrected chi connectivity index (χ1v) is 24.5. The molecule has 6 nitrogen and oxygen atoms in total. The molecule has 0 saturated heterocycles. The quantitative estimate of drug-likeness (QED) is 0.0325. The van der Waals surface area contributed by atoms with Crippen LogP contribution in [0.25, 0.3) is 0 Å². The van der Waals surface area contributed by atoms with E-state index in [0.717, 1.165) is 57.8 Å². The third-order valence-corrected chi connectivity index (χ3v) is 11.3. The van der Waals surface area contributed by atoms with E-state index in [4.69, 9.17) is 4.74 Å². The lowest BCUT2D eigenvalue weighted by atomic mass is 10.0. The summed E-state index contributed by atoms with van der Waals surface area (Å²) in [6, 6.07) is -0.635. The first kappa shape index (κ1) is 53.6. The summed E-state index contributed by atoms with van der Waals surface area (Å²) in [6.45, 7) is 4.87. The monoisotopic (exact) mass is 778 g/mol. The van der Waals surface area contributed by atoms with E-state index in [1.807, 2.05) is 6.08 Å². The van der Waals surface area contributed by atoms with Crippen molar-refractivity contribution >= 4 is 11.9 Å².